The highest BCUT2D eigenvalue weighted by Crippen LogP contribution is 2.25. The van der Waals surface area contributed by atoms with Gasteiger partial charge in [-0.05, 0) is 37.3 Å². The molecule has 2 N–H and O–H groups in total. The molecule has 0 spiro atoms. The zero-order valence-corrected chi connectivity index (χ0v) is 12.9. The summed E-state index contributed by atoms with van der Waals surface area (Å²) < 4.78 is 18.3. The largest absolute Gasteiger partial charge is 0.479 e. The molecule has 0 saturated carbocycles. The van der Waals surface area contributed by atoms with Crippen LogP contribution in [0.3, 0.4) is 0 Å². The van der Waals surface area contributed by atoms with Gasteiger partial charge in [0.25, 0.3) is 5.91 Å². The number of anilines is 1. The Kier molecular flexibility index (Phi) is 5.54. The van der Waals surface area contributed by atoms with Gasteiger partial charge in [0, 0.05) is 5.69 Å². The van der Waals surface area contributed by atoms with Crippen molar-refractivity contribution in [3.05, 3.63) is 59.4 Å². The number of halogens is 2. The molecule has 1 atom stereocenters. The molecule has 2 rings (SSSR count). The first-order valence-electron chi connectivity index (χ1n) is 6.74. The molecule has 0 radical (unpaired) electrons. The Bertz CT molecular complexity index is 710. The summed E-state index contributed by atoms with van der Waals surface area (Å²) in [6.45, 7) is 1.45. The molecule has 3 amide bonds. The lowest BCUT2D eigenvalue weighted by atomic mass is 10.3. The van der Waals surface area contributed by atoms with Crippen LogP contribution in [0.4, 0.5) is 14.9 Å². The van der Waals surface area contributed by atoms with Gasteiger partial charge in [-0.15, -0.1) is 0 Å². The Balaban J connectivity index is 1.90. The molecular formula is C16H14ClFN2O3. The number of para-hydroxylation sites is 1. The van der Waals surface area contributed by atoms with E-state index >= 15 is 0 Å². The second kappa shape index (κ2) is 7.60. The minimum atomic E-state index is -0.987. The maximum Gasteiger partial charge on any atom is 0.325 e. The Morgan fingerprint density at radius 3 is 2.52 bits per heavy atom. The lowest BCUT2D eigenvalue weighted by Crippen LogP contribution is -2.42. The van der Waals surface area contributed by atoms with Crippen LogP contribution in [0.2, 0.25) is 5.02 Å². The summed E-state index contributed by atoms with van der Waals surface area (Å²) in [4.78, 5) is 23.6. The van der Waals surface area contributed by atoms with Crippen LogP contribution >= 0.6 is 11.6 Å². The van der Waals surface area contributed by atoms with Crippen molar-refractivity contribution in [1.82, 2.24) is 5.32 Å². The van der Waals surface area contributed by atoms with Gasteiger partial charge in [0.15, 0.2) is 6.10 Å². The average Bonchev–Trinajstić information content (AvgIpc) is 2.50. The number of rotatable bonds is 4. The van der Waals surface area contributed by atoms with Crippen LogP contribution in [0.25, 0.3) is 0 Å². The summed E-state index contributed by atoms with van der Waals surface area (Å²) in [6.07, 6.45) is -0.987. The molecular weight excluding hydrogens is 323 g/mol. The van der Waals surface area contributed by atoms with E-state index in [1.165, 1.54) is 13.0 Å². The van der Waals surface area contributed by atoms with Gasteiger partial charge >= 0.3 is 6.03 Å². The van der Waals surface area contributed by atoms with Crippen LogP contribution in [-0.2, 0) is 4.79 Å². The van der Waals surface area contributed by atoms with Crippen molar-refractivity contribution < 1.29 is 18.7 Å². The maximum atomic E-state index is 13.0. The van der Waals surface area contributed by atoms with E-state index in [0.29, 0.717) is 5.69 Å². The Morgan fingerprint density at radius 1 is 1.17 bits per heavy atom. The fourth-order valence-corrected chi connectivity index (χ4v) is 1.92. The topological polar surface area (TPSA) is 67.4 Å². The number of hydrogen-bond acceptors (Lipinski definition) is 3. The number of amides is 3. The zero-order chi connectivity index (χ0) is 16.8. The summed E-state index contributed by atoms with van der Waals surface area (Å²) in [6, 6.07) is 11.5. The highest BCUT2D eigenvalue weighted by Gasteiger charge is 2.18. The van der Waals surface area contributed by atoms with Crippen LogP contribution in [0.5, 0.6) is 5.75 Å². The van der Waals surface area contributed by atoms with Crippen LogP contribution in [-0.4, -0.2) is 18.0 Å². The van der Waals surface area contributed by atoms with Crippen molar-refractivity contribution in [2.45, 2.75) is 13.0 Å². The van der Waals surface area contributed by atoms with Crippen molar-refractivity contribution >= 4 is 29.2 Å². The molecule has 120 valence electrons. The van der Waals surface area contributed by atoms with E-state index in [2.05, 4.69) is 10.6 Å². The molecule has 0 bridgehead atoms. The summed E-state index contributed by atoms with van der Waals surface area (Å²) in [5, 5.41) is 4.70. The average molecular weight is 337 g/mol. The molecule has 7 heteroatoms. The third-order valence-electron chi connectivity index (χ3n) is 2.84. The van der Waals surface area contributed by atoms with Crippen molar-refractivity contribution in [2.75, 3.05) is 5.32 Å². The van der Waals surface area contributed by atoms with Crippen molar-refractivity contribution in [1.29, 1.82) is 0 Å². The van der Waals surface area contributed by atoms with Crippen molar-refractivity contribution in [3.63, 3.8) is 0 Å². The summed E-state index contributed by atoms with van der Waals surface area (Å²) in [7, 11) is 0. The molecule has 0 fully saturated rings. The molecule has 5 nitrogen and oxygen atoms in total. The standard InChI is InChI=1S/C16H14ClFN2O3/c1-10(23-14-8-7-11(18)9-13(14)17)15(21)20-16(22)19-12-5-3-2-4-6-12/h2-10H,1H3,(H2,19,20,21,22). The smallest absolute Gasteiger partial charge is 0.325 e. The van der Waals surface area contributed by atoms with E-state index in [0.717, 1.165) is 12.1 Å². The van der Waals surface area contributed by atoms with Gasteiger partial charge in [0.05, 0.1) is 5.02 Å². The van der Waals surface area contributed by atoms with E-state index in [1.54, 1.807) is 30.3 Å². The highest BCUT2D eigenvalue weighted by atomic mass is 35.5. The third kappa shape index (κ3) is 4.96. The number of imide groups is 1. The minimum absolute atomic E-state index is 0.0402. The molecule has 0 aromatic heterocycles. The van der Waals surface area contributed by atoms with Gasteiger partial charge in [-0.2, -0.15) is 0 Å². The Hall–Kier alpha value is -2.60. The lowest BCUT2D eigenvalue weighted by Gasteiger charge is -2.15. The number of hydrogen-bond donors (Lipinski definition) is 2. The van der Waals surface area contributed by atoms with Crippen LogP contribution in [0.15, 0.2) is 48.5 Å². The van der Waals surface area contributed by atoms with Crippen LogP contribution in [0.1, 0.15) is 6.92 Å². The third-order valence-corrected chi connectivity index (χ3v) is 3.13. The zero-order valence-electron chi connectivity index (χ0n) is 12.2. The van der Waals surface area contributed by atoms with Crippen molar-refractivity contribution in [2.24, 2.45) is 0 Å². The fourth-order valence-electron chi connectivity index (χ4n) is 1.71. The van der Waals surface area contributed by atoms with E-state index in [9.17, 15) is 14.0 Å². The summed E-state index contributed by atoms with van der Waals surface area (Å²) in [5.41, 5.74) is 0.549. The van der Waals surface area contributed by atoms with Gasteiger partial charge in [-0.1, -0.05) is 29.8 Å². The molecule has 2 aromatic rings. The number of ether oxygens (including phenoxy) is 1. The fraction of sp³-hybridized carbons (Fsp3) is 0.125. The molecule has 23 heavy (non-hydrogen) atoms. The molecule has 0 aliphatic rings. The second-order valence-corrected chi connectivity index (χ2v) is 5.05. The number of benzene rings is 2. The summed E-state index contributed by atoms with van der Waals surface area (Å²) in [5.74, 6) is -1.01. The first kappa shape index (κ1) is 16.8. The minimum Gasteiger partial charge on any atom is -0.479 e. The molecule has 1 unspecified atom stereocenters. The van der Waals surface area contributed by atoms with E-state index in [-0.39, 0.29) is 10.8 Å². The SMILES string of the molecule is CC(Oc1ccc(F)cc1Cl)C(=O)NC(=O)Nc1ccccc1. The normalized spacial score (nSPS) is 11.4. The first-order valence-corrected chi connectivity index (χ1v) is 7.12. The number of nitrogens with one attached hydrogen (secondary N) is 2. The van der Waals surface area contributed by atoms with Gasteiger partial charge < -0.3 is 10.1 Å². The predicted octanol–water partition coefficient (Wildman–Crippen LogP) is 3.59. The van der Waals surface area contributed by atoms with Gasteiger partial charge in [-0.25, -0.2) is 9.18 Å². The van der Waals surface area contributed by atoms with Crippen molar-refractivity contribution in [3.8, 4) is 5.75 Å². The van der Waals surface area contributed by atoms with E-state index < -0.39 is 23.9 Å². The second-order valence-electron chi connectivity index (χ2n) is 4.64. The van der Waals surface area contributed by atoms with Gasteiger partial charge in [0.2, 0.25) is 0 Å². The van der Waals surface area contributed by atoms with Gasteiger partial charge in [0.1, 0.15) is 11.6 Å². The summed E-state index contributed by atoms with van der Waals surface area (Å²) >= 11 is 5.82. The van der Waals surface area contributed by atoms with Gasteiger partial charge in [-0.3, -0.25) is 10.1 Å². The molecule has 0 heterocycles. The number of carbonyl (C=O) groups is 2. The quantitative estimate of drug-likeness (QED) is 0.896. The molecule has 0 aliphatic heterocycles. The Morgan fingerprint density at radius 2 is 1.87 bits per heavy atom. The van der Waals surface area contributed by atoms with Crippen LogP contribution in [0, 0.1) is 5.82 Å². The Labute approximate surface area is 137 Å². The predicted molar refractivity (Wildman–Crippen MR) is 85.1 cm³/mol. The molecule has 0 saturated heterocycles. The molecule has 0 aliphatic carbocycles. The molecule has 2 aromatic carbocycles. The monoisotopic (exact) mass is 336 g/mol. The van der Waals surface area contributed by atoms with Crippen LogP contribution < -0.4 is 15.4 Å². The first-order chi connectivity index (χ1) is 11.0. The van der Waals surface area contributed by atoms with E-state index in [1.807, 2.05) is 0 Å². The lowest BCUT2D eigenvalue weighted by molar-refractivity contribution is -0.126. The number of carbonyl (C=O) groups excluding carboxylic acids is 2. The number of urea groups is 1. The highest BCUT2D eigenvalue weighted by molar-refractivity contribution is 6.32. The maximum absolute atomic E-state index is 13.0. The van der Waals surface area contributed by atoms with E-state index in [4.69, 9.17) is 16.3 Å².